The first-order valence-electron chi connectivity index (χ1n) is 7.06. The predicted molar refractivity (Wildman–Crippen MR) is 79.1 cm³/mol. The van der Waals surface area contributed by atoms with E-state index in [4.69, 9.17) is 5.73 Å². The summed E-state index contributed by atoms with van der Waals surface area (Å²) in [5.41, 5.74) is 8.97. The van der Waals surface area contributed by atoms with E-state index in [2.05, 4.69) is 49.4 Å². The molecule has 2 unspecified atom stereocenters. The summed E-state index contributed by atoms with van der Waals surface area (Å²) in [6, 6.07) is 10.7. The molecule has 0 aliphatic heterocycles. The third-order valence-corrected chi connectivity index (χ3v) is 3.67. The van der Waals surface area contributed by atoms with E-state index in [1.165, 1.54) is 11.1 Å². The smallest absolute Gasteiger partial charge is 0.0522 e. The third-order valence-electron chi connectivity index (χ3n) is 3.67. The van der Waals surface area contributed by atoms with Gasteiger partial charge in [-0.25, -0.2) is 0 Å². The van der Waals surface area contributed by atoms with Gasteiger partial charge in [-0.1, -0.05) is 37.3 Å². The minimum Gasteiger partial charge on any atom is -0.327 e. The molecular weight excluding hydrogens is 234 g/mol. The molecule has 1 heterocycles. The Kier molecular flexibility index (Phi) is 4.74. The van der Waals surface area contributed by atoms with Crippen LogP contribution >= 0.6 is 0 Å². The maximum absolute atomic E-state index is 6.41. The summed E-state index contributed by atoms with van der Waals surface area (Å²) in [7, 11) is 0. The molecule has 1 aromatic heterocycles. The van der Waals surface area contributed by atoms with Crippen LogP contribution in [0.2, 0.25) is 0 Å². The Bertz CT molecular complexity index is 490. The van der Waals surface area contributed by atoms with Gasteiger partial charge in [0.15, 0.2) is 0 Å². The van der Waals surface area contributed by atoms with Crippen LogP contribution in [0.5, 0.6) is 0 Å². The molecule has 2 rings (SSSR count). The second-order valence-corrected chi connectivity index (χ2v) is 5.00. The normalized spacial score (nSPS) is 14.3. The lowest BCUT2D eigenvalue weighted by molar-refractivity contribution is 0.514. The van der Waals surface area contributed by atoms with E-state index in [-0.39, 0.29) is 6.04 Å². The van der Waals surface area contributed by atoms with Gasteiger partial charge in [-0.15, -0.1) is 0 Å². The Balaban J connectivity index is 2.06. The van der Waals surface area contributed by atoms with Crippen LogP contribution in [0.3, 0.4) is 0 Å². The van der Waals surface area contributed by atoms with Crippen LogP contribution in [-0.2, 0) is 13.0 Å². The molecule has 0 spiro atoms. The summed E-state index contributed by atoms with van der Waals surface area (Å²) in [6.07, 6.45) is 5.97. The van der Waals surface area contributed by atoms with E-state index < -0.39 is 0 Å². The molecule has 0 saturated heterocycles. The van der Waals surface area contributed by atoms with Gasteiger partial charge in [-0.2, -0.15) is 5.10 Å². The maximum atomic E-state index is 6.41. The van der Waals surface area contributed by atoms with Crippen molar-refractivity contribution in [2.75, 3.05) is 0 Å². The molecule has 2 N–H and O–H groups in total. The quantitative estimate of drug-likeness (QED) is 0.864. The summed E-state index contributed by atoms with van der Waals surface area (Å²) in [5.74, 6) is 0.408. The highest BCUT2D eigenvalue weighted by Gasteiger charge is 2.18. The molecule has 2 aromatic rings. The standard InChI is InChI=1S/C16H23N3/c1-3-15(14-8-6-5-7-9-14)16(17)10-13-11-18-19(4-2)12-13/h5-9,11-12,15-16H,3-4,10,17H2,1-2H3. The zero-order valence-corrected chi connectivity index (χ0v) is 11.8. The molecule has 0 fully saturated rings. The number of hydrogen-bond donors (Lipinski definition) is 1. The highest BCUT2D eigenvalue weighted by Crippen LogP contribution is 2.24. The van der Waals surface area contributed by atoms with Gasteiger partial charge in [0.1, 0.15) is 0 Å². The summed E-state index contributed by atoms with van der Waals surface area (Å²) in [5, 5.41) is 4.31. The first kappa shape index (κ1) is 13.8. The molecule has 3 nitrogen and oxygen atoms in total. The topological polar surface area (TPSA) is 43.8 Å². The molecule has 0 bridgehead atoms. The number of rotatable bonds is 6. The van der Waals surface area contributed by atoms with E-state index in [1.807, 2.05) is 16.9 Å². The van der Waals surface area contributed by atoms with E-state index in [0.29, 0.717) is 5.92 Å². The first-order valence-corrected chi connectivity index (χ1v) is 7.06. The van der Waals surface area contributed by atoms with Crippen LogP contribution in [0, 0.1) is 0 Å². The van der Waals surface area contributed by atoms with Crippen molar-refractivity contribution in [1.82, 2.24) is 9.78 Å². The molecule has 0 amide bonds. The van der Waals surface area contributed by atoms with Gasteiger partial charge >= 0.3 is 0 Å². The zero-order valence-electron chi connectivity index (χ0n) is 11.8. The number of nitrogens with two attached hydrogens (primary N) is 1. The van der Waals surface area contributed by atoms with Crippen molar-refractivity contribution in [3.63, 3.8) is 0 Å². The summed E-state index contributed by atoms with van der Waals surface area (Å²) < 4.78 is 1.95. The Morgan fingerprint density at radius 1 is 1.21 bits per heavy atom. The highest BCUT2D eigenvalue weighted by atomic mass is 15.3. The van der Waals surface area contributed by atoms with Crippen LogP contribution in [0.25, 0.3) is 0 Å². The van der Waals surface area contributed by atoms with Gasteiger partial charge in [-0.3, -0.25) is 4.68 Å². The summed E-state index contributed by atoms with van der Waals surface area (Å²) in [4.78, 5) is 0. The minimum atomic E-state index is 0.141. The van der Waals surface area contributed by atoms with Gasteiger partial charge < -0.3 is 5.73 Å². The number of benzene rings is 1. The van der Waals surface area contributed by atoms with Gasteiger partial charge in [0.2, 0.25) is 0 Å². The third kappa shape index (κ3) is 3.44. The lowest BCUT2D eigenvalue weighted by Crippen LogP contribution is -2.30. The molecule has 2 atom stereocenters. The van der Waals surface area contributed by atoms with E-state index in [0.717, 1.165) is 19.4 Å². The molecule has 102 valence electrons. The van der Waals surface area contributed by atoms with Gasteiger partial charge in [0, 0.05) is 18.8 Å². The number of aromatic nitrogens is 2. The number of hydrogen-bond acceptors (Lipinski definition) is 2. The molecule has 0 aliphatic carbocycles. The van der Waals surface area contributed by atoms with Crippen LogP contribution in [0.4, 0.5) is 0 Å². The SMILES string of the molecule is CCC(c1ccccc1)C(N)Cc1cnn(CC)c1. The van der Waals surface area contributed by atoms with Gasteiger partial charge in [0.05, 0.1) is 6.20 Å². The minimum absolute atomic E-state index is 0.141. The van der Waals surface area contributed by atoms with Crippen molar-refractivity contribution in [2.24, 2.45) is 5.73 Å². The van der Waals surface area contributed by atoms with Crippen LogP contribution < -0.4 is 5.73 Å². The largest absolute Gasteiger partial charge is 0.327 e. The lowest BCUT2D eigenvalue weighted by Gasteiger charge is -2.22. The molecule has 0 aliphatic rings. The van der Waals surface area contributed by atoms with Gasteiger partial charge in [0.25, 0.3) is 0 Å². The fourth-order valence-corrected chi connectivity index (χ4v) is 2.59. The molecular formula is C16H23N3. The van der Waals surface area contributed by atoms with Crippen molar-refractivity contribution in [2.45, 2.75) is 45.2 Å². The molecule has 0 saturated carbocycles. The molecule has 3 heteroatoms. The monoisotopic (exact) mass is 257 g/mol. The fraction of sp³-hybridized carbons (Fsp3) is 0.438. The average Bonchev–Trinajstić information content (AvgIpc) is 2.88. The second kappa shape index (κ2) is 6.53. The first-order chi connectivity index (χ1) is 9.24. The maximum Gasteiger partial charge on any atom is 0.0522 e. The van der Waals surface area contributed by atoms with Crippen molar-refractivity contribution in [1.29, 1.82) is 0 Å². The lowest BCUT2D eigenvalue weighted by atomic mass is 9.87. The molecule has 19 heavy (non-hydrogen) atoms. The van der Waals surface area contributed by atoms with Crippen LogP contribution in [0.1, 0.15) is 37.3 Å². The Morgan fingerprint density at radius 2 is 1.95 bits per heavy atom. The fourth-order valence-electron chi connectivity index (χ4n) is 2.59. The van der Waals surface area contributed by atoms with Crippen LogP contribution in [0.15, 0.2) is 42.7 Å². The van der Waals surface area contributed by atoms with Crippen molar-refractivity contribution in [3.05, 3.63) is 53.9 Å². The van der Waals surface area contributed by atoms with E-state index >= 15 is 0 Å². The second-order valence-electron chi connectivity index (χ2n) is 5.00. The van der Waals surface area contributed by atoms with Gasteiger partial charge in [-0.05, 0) is 36.8 Å². The van der Waals surface area contributed by atoms with Crippen molar-refractivity contribution < 1.29 is 0 Å². The van der Waals surface area contributed by atoms with Crippen LogP contribution in [-0.4, -0.2) is 15.8 Å². The highest BCUT2D eigenvalue weighted by molar-refractivity contribution is 5.22. The number of aryl methyl sites for hydroxylation is 1. The van der Waals surface area contributed by atoms with E-state index in [1.54, 1.807) is 0 Å². The Hall–Kier alpha value is -1.61. The van der Waals surface area contributed by atoms with E-state index in [9.17, 15) is 0 Å². The van der Waals surface area contributed by atoms with Crippen molar-refractivity contribution >= 4 is 0 Å². The molecule has 0 radical (unpaired) electrons. The zero-order chi connectivity index (χ0) is 13.7. The summed E-state index contributed by atoms with van der Waals surface area (Å²) in [6.45, 7) is 5.20. The Morgan fingerprint density at radius 3 is 2.53 bits per heavy atom. The average molecular weight is 257 g/mol. The Labute approximate surface area is 115 Å². The van der Waals surface area contributed by atoms with Crippen molar-refractivity contribution in [3.8, 4) is 0 Å². The summed E-state index contributed by atoms with van der Waals surface area (Å²) >= 11 is 0. The molecule has 1 aromatic carbocycles. The predicted octanol–water partition coefficient (Wildman–Crippen LogP) is 2.97. The number of nitrogens with zero attached hydrogens (tertiary/aromatic N) is 2.